The lowest BCUT2D eigenvalue weighted by atomic mass is 10.1. The molecule has 0 atom stereocenters. The van der Waals surface area contributed by atoms with Crippen LogP contribution in [0.15, 0.2) is 24.3 Å². The zero-order valence-electron chi connectivity index (χ0n) is 15.9. The highest BCUT2D eigenvalue weighted by Crippen LogP contribution is 2.11. The number of hydrogen-bond acceptors (Lipinski definition) is 3. The zero-order chi connectivity index (χ0) is 18.2. The Bertz CT molecular complexity index is 439. The molecule has 25 heavy (non-hydrogen) atoms. The van der Waals surface area contributed by atoms with Gasteiger partial charge in [-0.2, -0.15) is 4.89 Å². The van der Waals surface area contributed by atoms with Crippen molar-refractivity contribution >= 4 is 5.97 Å². The van der Waals surface area contributed by atoms with Gasteiger partial charge in [-0.1, -0.05) is 83.8 Å². The molecule has 0 N–H and O–H groups in total. The lowest BCUT2D eigenvalue weighted by molar-refractivity contribution is -0.241. The Hall–Kier alpha value is -1.35. The Morgan fingerprint density at radius 3 is 2.16 bits per heavy atom. The van der Waals surface area contributed by atoms with Crippen LogP contribution in [0.1, 0.15) is 93.5 Å². The van der Waals surface area contributed by atoms with Gasteiger partial charge in [0.05, 0.1) is 12.2 Å². The van der Waals surface area contributed by atoms with E-state index in [1.165, 1.54) is 56.9 Å². The Morgan fingerprint density at radius 2 is 1.52 bits per heavy atom. The Morgan fingerprint density at radius 1 is 0.880 bits per heavy atom. The number of unbranched alkanes of at least 4 members (excludes halogenated alkanes) is 9. The molecule has 0 aliphatic heterocycles. The fourth-order valence-electron chi connectivity index (χ4n) is 2.75. The third kappa shape index (κ3) is 11.0. The van der Waals surface area contributed by atoms with Crippen LogP contribution in [0.25, 0.3) is 0 Å². The van der Waals surface area contributed by atoms with Crippen molar-refractivity contribution in [1.82, 2.24) is 0 Å². The van der Waals surface area contributed by atoms with Crippen LogP contribution in [0.2, 0.25) is 0 Å². The van der Waals surface area contributed by atoms with E-state index in [4.69, 9.17) is 9.78 Å². The minimum Gasteiger partial charge on any atom is -0.293 e. The average molecular weight is 348 g/mol. The summed E-state index contributed by atoms with van der Waals surface area (Å²) >= 11 is 0. The molecule has 3 nitrogen and oxygen atoms in total. The molecular weight excluding hydrogens is 312 g/mol. The molecule has 0 unspecified atom stereocenters. The summed E-state index contributed by atoms with van der Waals surface area (Å²) in [6, 6.07) is 7.64. The summed E-state index contributed by atoms with van der Waals surface area (Å²) in [7, 11) is 0. The molecule has 141 valence electrons. The van der Waals surface area contributed by atoms with Gasteiger partial charge in [0.25, 0.3) is 0 Å². The average Bonchev–Trinajstić information content (AvgIpc) is 2.64. The quantitative estimate of drug-likeness (QED) is 0.207. The first-order valence-corrected chi connectivity index (χ1v) is 10.00. The molecule has 0 saturated heterocycles. The topological polar surface area (TPSA) is 35.5 Å². The minimum atomic E-state index is -0.409. The fraction of sp³-hybridized carbons (Fsp3) is 0.636. The summed E-state index contributed by atoms with van der Waals surface area (Å²) in [5.74, 6) is -0.409. The second-order valence-corrected chi connectivity index (χ2v) is 6.68. The Kier molecular flexibility index (Phi) is 13.0. The fourth-order valence-corrected chi connectivity index (χ4v) is 2.75. The number of benzene rings is 1. The number of carbonyl (C=O) groups excluding carboxylic acids is 1. The van der Waals surface area contributed by atoms with Crippen LogP contribution in [-0.2, 0) is 16.2 Å². The molecule has 0 saturated carbocycles. The number of hydrogen-bond donors (Lipinski definition) is 0. The van der Waals surface area contributed by atoms with Gasteiger partial charge in [-0.3, -0.25) is 4.89 Å². The van der Waals surface area contributed by atoms with E-state index >= 15 is 0 Å². The highest BCUT2D eigenvalue weighted by Gasteiger charge is 2.08. The van der Waals surface area contributed by atoms with Gasteiger partial charge in [-0.05, 0) is 37.0 Å². The summed E-state index contributed by atoms with van der Waals surface area (Å²) in [5.41, 5.74) is 1.81. The van der Waals surface area contributed by atoms with Gasteiger partial charge < -0.3 is 0 Å². The van der Waals surface area contributed by atoms with E-state index in [0.717, 1.165) is 25.7 Å². The molecule has 1 radical (unpaired) electrons. The van der Waals surface area contributed by atoms with Crippen molar-refractivity contribution in [2.75, 3.05) is 6.61 Å². The van der Waals surface area contributed by atoms with E-state index in [1.54, 1.807) is 0 Å². The van der Waals surface area contributed by atoms with E-state index < -0.39 is 5.97 Å². The highest BCUT2D eigenvalue weighted by molar-refractivity contribution is 5.88. The monoisotopic (exact) mass is 347 g/mol. The van der Waals surface area contributed by atoms with Crippen molar-refractivity contribution in [3.05, 3.63) is 42.3 Å². The molecule has 1 aromatic rings. The van der Waals surface area contributed by atoms with E-state index in [-0.39, 0.29) is 0 Å². The summed E-state index contributed by atoms with van der Waals surface area (Å²) < 4.78 is 0. The van der Waals surface area contributed by atoms with Gasteiger partial charge in [-0.25, -0.2) is 4.79 Å². The van der Waals surface area contributed by atoms with Crippen LogP contribution < -0.4 is 0 Å². The van der Waals surface area contributed by atoms with Gasteiger partial charge in [0.2, 0.25) is 0 Å². The van der Waals surface area contributed by atoms with Gasteiger partial charge in [0, 0.05) is 0 Å². The molecule has 0 aromatic heterocycles. The van der Waals surface area contributed by atoms with Gasteiger partial charge in [-0.15, -0.1) is 0 Å². The minimum absolute atomic E-state index is 0.409. The normalized spacial score (nSPS) is 10.8. The van der Waals surface area contributed by atoms with Gasteiger partial charge >= 0.3 is 5.97 Å². The molecule has 0 fully saturated rings. The van der Waals surface area contributed by atoms with Crippen LogP contribution in [0.3, 0.4) is 0 Å². The molecule has 0 aliphatic carbocycles. The second kappa shape index (κ2) is 14.9. The van der Waals surface area contributed by atoms with Crippen molar-refractivity contribution in [2.24, 2.45) is 0 Å². The van der Waals surface area contributed by atoms with Crippen LogP contribution in [0.5, 0.6) is 0 Å². The molecule has 1 aromatic carbocycles. The summed E-state index contributed by atoms with van der Waals surface area (Å²) in [6.07, 6.45) is 14.1. The largest absolute Gasteiger partial charge is 0.373 e. The molecular formula is C22H35O3. The molecule has 1 rings (SSSR count). The predicted octanol–water partition coefficient (Wildman–Crippen LogP) is 6.46. The van der Waals surface area contributed by atoms with Crippen molar-refractivity contribution < 1.29 is 14.6 Å². The lowest BCUT2D eigenvalue weighted by Crippen LogP contribution is -2.07. The molecule has 0 heterocycles. The number of aryl methyl sites for hydroxylation is 1. The third-order valence-electron chi connectivity index (χ3n) is 4.37. The Labute approximate surface area is 154 Å². The van der Waals surface area contributed by atoms with Crippen LogP contribution in [-0.4, -0.2) is 12.6 Å². The van der Waals surface area contributed by atoms with E-state index in [2.05, 4.69) is 13.8 Å². The van der Waals surface area contributed by atoms with Crippen LogP contribution >= 0.6 is 0 Å². The SMILES string of the molecule is [CH2]CCCCCCCCCOOC(=O)c1ccc(CCCCC)cc1. The lowest BCUT2D eigenvalue weighted by Gasteiger charge is -2.05. The summed E-state index contributed by atoms with van der Waals surface area (Å²) in [5, 5.41) is 0. The third-order valence-corrected chi connectivity index (χ3v) is 4.37. The van der Waals surface area contributed by atoms with Crippen molar-refractivity contribution in [2.45, 2.75) is 84.0 Å². The molecule has 0 spiro atoms. The number of rotatable bonds is 15. The van der Waals surface area contributed by atoms with Gasteiger partial charge in [0.15, 0.2) is 0 Å². The molecule has 3 heteroatoms. The van der Waals surface area contributed by atoms with E-state index in [1.807, 2.05) is 24.3 Å². The van der Waals surface area contributed by atoms with Crippen LogP contribution in [0, 0.1) is 6.92 Å². The maximum atomic E-state index is 11.9. The van der Waals surface area contributed by atoms with Gasteiger partial charge in [0.1, 0.15) is 0 Å². The predicted molar refractivity (Wildman–Crippen MR) is 103 cm³/mol. The first kappa shape index (κ1) is 21.7. The van der Waals surface area contributed by atoms with E-state index in [0.29, 0.717) is 12.2 Å². The highest BCUT2D eigenvalue weighted by atomic mass is 17.2. The smallest absolute Gasteiger partial charge is 0.293 e. The summed E-state index contributed by atoms with van der Waals surface area (Å²) in [4.78, 5) is 21.8. The Balaban J connectivity index is 2.06. The molecule has 0 aliphatic rings. The molecule has 0 bridgehead atoms. The van der Waals surface area contributed by atoms with Crippen molar-refractivity contribution in [3.63, 3.8) is 0 Å². The molecule has 0 amide bonds. The first-order chi connectivity index (χ1) is 12.3. The summed E-state index contributed by atoms with van der Waals surface area (Å²) in [6.45, 7) is 6.52. The standard InChI is InChI=1S/C22H35O3/c1-3-5-7-8-9-10-11-13-19-24-25-22(23)21-17-15-20(16-18-21)14-12-6-4-2/h15-18H,1,3-14,19H2,2H3. The van der Waals surface area contributed by atoms with Crippen LogP contribution in [0.4, 0.5) is 0 Å². The first-order valence-electron chi connectivity index (χ1n) is 10.00. The maximum absolute atomic E-state index is 11.9. The zero-order valence-corrected chi connectivity index (χ0v) is 15.9. The number of carbonyl (C=O) groups is 1. The second-order valence-electron chi connectivity index (χ2n) is 6.68. The van der Waals surface area contributed by atoms with Crippen molar-refractivity contribution in [3.8, 4) is 0 Å². The maximum Gasteiger partial charge on any atom is 0.373 e. The van der Waals surface area contributed by atoms with Crippen molar-refractivity contribution in [1.29, 1.82) is 0 Å². The van der Waals surface area contributed by atoms with E-state index in [9.17, 15) is 4.79 Å².